The molecule has 0 aromatic heterocycles. The molecule has 1 unspecified atom stereocenters. The van der Waals surface area contributed by atoms with Crippen LogP contribution in [-0.4, -0.2) is 7.05 Å². The monoisotopic (exact) mass is 255 g/mol. The van der Waals surface area contributed by atoms with Crippen molar-refractivity contribution in [2.45, 2.75) is 26.2 Å². The predicted octanol–water partition coefficient (Wildman–Crippen LogP) is 4.53. The van der Waals surface area contributed by atoms with Crippen LogP contribution in [0.3, 0.4) is 0 Å². The summed E-state index contributed by atoms with van der Waals surface area (Å²) in [5.74, 6) is 0.526. The van der Waals surface area contributed by atoms with Gasteiger partial charge in [-0.3, -0.25) is 0 Å². The van der Waals surface area contributed by atoms with Crippen LogP contribution in [0.2, 0.25) is 0 Å². The molecular formula is C18H25N. The molecule has 2 rings (SSSR count). The third-order valence-electron chi connectivity index (χ3n) is 3.98. The van der Waals surface area contributed by atoms with Gasteiger partial charge < -0.3 is 5.32 Å². The molecule has 19 heavy (non-hydrogen) atoms. The topological polar surface area (TPSA) is 12.0 Å². The Morgan fingerprint density at radius 2 is 1.79 bits per heavy atom. The summed E-state index contributed by atoms with van der Waals surface area (Å²) in [6.07, 6.45) is 6.60. The maximum absolute atomic E-state index is 3.29. The molecule has 0 fully saturated rings. The van der Waals surface area contributed by atoms with E-state index in [-0.39, 0.29) is 5.41 Å². The van der Waals surface area contributed by atoms with Gasteiger partial charge in [-0.15, -0.1) is 13.2 Å². The summed E-state index contributed by atoms with van der Waals surface area (Å²) in [4.78, 5) is 0. The zero-order valence-corrected chi connectivity index (χ0v) is 12.5. The van der Waals surface area contributed by atoms with E-state index in [0.717, 1.165) is 0 Å². The standard InChI is InChI=1S/C16H21N.C2H4/c1-12-8-7-11-15(17-4)13-9-5-6-10-14(13)16(12,2)3;1-2/h5-12,17H,1-4H3;1-2H2/b8-7-,15-11-;. The van der Waals surface area contributed by atoms with E-state index in [2.05, 4.69) is 81.7 Å². The number of hydrogen-bond acceptors (Lipinski definition) is 1. The molecule has 0 saturated heterocycles. The van der Waals surface area contributed by atoms with Gasteiger partial charge in [-0.05, 0) is 23.0 Å². The van der Waals surface area contributed by atoms with Crippen LogP contribution in [0.5, 0.6) is 0 Å². The Balaban J connectivity index is 0.000000861. The number of rotatable bonds is 1. The summed E-state index contributed by atoms with van der Waals surface area (Å²) < 4.78 is 0. The quantitative estimate of drug-likeness (QED) is 0.727. The van der Waals surface area contributed by atoms with Crippen LogP contribution in [0.15, 0.2) is 55.7 Å². The fourth-order valence-corrected chi connectivity index (χ4v) is 2.39. The number of allylic oxidation sites excluding steroid dienone is 3. The molecule has 1 atom stereocenters. The number of fused-ring (bicyclic) bond motifs is 1. The summed E-state index contributed by atoms with van der Waals surface area (Å²) >= 11 is 0. The molecule has 1 aromatic rings. The highest BCUT2D eigenvalue weighted by molar-refractivity contribution is 5.69. The van der Waals surface area contributed by atoms with E-state index in [4.69, 9.17) is 0 Å². The number of benzene rings is 1. The predicted molar refractivity (Wildman–Crippen MR) is 86.1 cm³/mol. The molecule has 0 aliphatic heterocycles. The number of hydrogen-bond donors (Lipinski definition) is 1. The van der Waals surface area contributed by atoms with Crippen LogP contribution in [0.1, 0.15) is 31.9 Å². The van der Waals surface area contributed by atoms with Crippen molar-refractivity contribution in [2.75, 3.05) is 7.05 Å². The van der Waals surface area contributed by atoms with Crippen molar-refractivity contribution < 1.29 is 0 Å². The van der Waals surface area contributed by atoms with Crippen molar-refractivity contribution in [3.63, 3.8) is 0 Å². The average molecular weight is 255 g/mol. The lowest BCUT2D eigenvalue weighted by atomic mass is 9.71. The Morgan fingerprint density at radius 3 is 2.42 bits per heavy atom. The van der Waals surface area contributed by atoms with Gasteiger partial charge in [0, 0.05) is 18.3 Å². The Hall–Kier alpha value is -1.76. The van der Waals surface area contributed by atoms with Gasteiger partial charge in [-0.1, -0.05) is 57.2 Å². The van der Waals surface area contributed by atoms with Crippen molar-refractivity contribution in [1.29, 1.82) is 0 Å². The minimum Gasteiger partial charge on any atom is -0.388 e. The minimum atomic E-state index is 0.156. The molecule has 1 heteroatoms. The van der Waals surface area contributed by atoms with E-state index in [1.54, 1.807) is 0 Å². The molecule has 0 saturated carbocycles. The molecule has 1 N–H and O–H groups in total. The molecular weight excluding hydrogens is 230 g/mol. The summed E-state index contributed by atoms with van der Waals surface area (Å²) in [6.45, 7) is 12.9. The first-order valence-electron chi connectivity index (χ1n) is 6.73. The van der Waals surface area contributed by atoms with Crippen LogP contribution in [0, 0.1) is 5.92 Å². The van der Waals surface area contributed by atoms with E-state index in [0.29, 0.717) is 5.92 Å². The molecule has 0 radical (unpaired) electrons. The van der Waals surface area contributed by atoms with Crippen molar-refractivity contribution >= 4 is 5.70 Å². The molecule has 1 aliphatic rings. The van der Waals surface area contributed by atoms with E-state index >= 15 is 0 Å². The minimum absolute atomic E-state index is 0.156. The average Bonchev–Trinajstić information content (AvgIpc) is 2.44. The molecule has 0 amide bonds. The SMILES string of the molecule is C=C.CN/C1=C\C=C/C(C)C(C)(C)c2ccccc21. The van der Waals surface area contributed by atoms with Crippen LogP contribution >= 0.6 is 0 Å². The lowest BCUT2D eigenvalue weighted by Gasteiger charge is -2.34. The molecule has 0 bridgehead atoms. The van der Waals surface area contributed by atoms with Gasteiger partial charge >= 0.3 is 0 Å². The van der Waals surface area contributed by atoms with E-state index < -0.39 is 0 Å². The second kappa shape index (κ2) is 6.42. The van der Waals surface area contributed by atoms with Crippen molar-refractivity contribution in [3.05, 3.63) is 66.8 Å². The van der Waals surface area contributed by atoms with Gasteiger partial charge in [-0.2, -0.15) is 0 Å². The molecule has 0 spiro atoms. The zero-order valence-electron chi connectivity index (χ0n) is 12.5. The normalized spacial score (nSPS) is 24.4. The Morgan fingerprint density at radius 1 is 1.16 bits per heavy atom. The van der Waals surface area contributed by atoms with Gasteiger partial charge in [0.1, 0.15) is 0 Å². The van der Waals surface area contributed by atoms with Crippen LogP contribution in [-0.2, 0) is 5.41 Å². The highest BCUT2D eigenvalue weighted by Crippen LogP contribution is 2.37. The van der Waals surface area contributed by atoms with E-state index in [1.807, 2.05) is 7.05 Å². The molecule has 1 nitrogen and oxygen atoms in total. The third-order valence-corrected chi connectivity index (χ3v) is 3.98. The smallest absolute Gasteiger partial charge is 0.0414 e. The lowest BCUT2D eigenvalue weighted by molar-refractivity contribution is 0.408. The highest BCUT2D eigenvalue weighted by atomic mass is 14.8. The van der Waals surface area contributed by atoms with Gasteiger partial charge in [-0.25, -0.2) is 0 Å². The maximum atomic E-state index is 3.29. The summed E-state index contributed by atoms with van der Waals surface area (Å²) in [5.41, 5.74) is 4.08. The summed E-state index contributed by atoms with van der Waals surface area (Å²) in [5, 5.41) is 3.29. The Bertz CT molecular complexity index is 480. The molecule has 1 aliphatic carbocycles. The van der Waals surface area contributed by atoms with Crippen molar-refractivity contribution in [3.8, 4) is 0 Å². The van der Waals surface area contributed by atoms with Crippen LogP contribution in [0.25, 0.3) is 5.70 Å². The first-order chi connectivity index (χ1) is 9.07. The first kappa shape index (κ1) is 15.3. The van der Waals surface area contributed by atoms with E-state index in [9.17, 15) is 0 Å². The van der Waals surface area contributed by atoms with Crippen molar-refractivity contribution in [2.24, 2.45) is 5.92 Å². The fraction of sp³-hybridized carbons (Fsp3) is 0.333. The van der Waals surface area contributed by atoms with Gasteiger partial charge in [0.05, 0.1) is 0 Å². The van der Waals surface area contributed by atoms with Crippen molar-refractivity contribution in [1.82, 2.24) is 5.32 Å². The summed E-state index contributed by atoms with van der Waals surface area (Å²) in [7, 11) is 1.98. The second-order valence-electron chi connectivity index (χ2n) is 5.27. The maximum Gasteiger partial charge on any atom is 0.0414 e. The summed E-state index contributed by atoms with van der Waals surface area (Å²) in [6, 6.07) is 8.68. The van der Waals surface area contributed by atoms with Crippen LogP contribution < -0.4 is 5.32 Å². The number of nitrogens with one attached hydrogen (secondary N) is 1. The van der Waals surface area contributed by atoms with Gasteiger partial charge in [0.2, 0.25) is 0 Å². The Kier molecular flexibility index (Phi) is 5.17. The van der Waals surface area contributed by atoms with Crippen LogP contribution in [0.4, 0.5) is 0 Å². The molecule has 1 aromatic carbocycles. The molecule has 0 heterocycles. The largest absolute Gasteiger partial charge is 0.388 e. The first-order valence-corrected chi connectivity index (χ1v) is 6.73. The fourth-order valence-electron chi connectivity index (χ4n) is 2.39. The third kappa shape index (κ3) is 2.98. The Labute approximate surface area is 117 Å². The zero-order chi connectivity index (χ0) is 14.5. The second-order valence-corrected chi connectivity index (χ2v) is 5.27. The van der Waals surface area contributed by atoms with Gasteiger partial charge in [0.15, 0.2) is 0 Å². The van der Waals surface area contributed by atoms with E-state index in [1.165, 1.54) is 16.8 Å². The molecule has 102 valence electrons. The highest BCUT2D eigenvalue weighted by Gasteiger charge is 2.29. The van der Waals surface area contributed by atoms with Gasteiger partial charge in [0.25, 0.3) is 0 Å². The lowest BCUT2D eigenvalue weighted by Crippen LogP contribution is -2.28.